The van der Waals surface area contributed by atoms with Gasteiger partial charge in [0.1, 0.15) is 17.2 Å². The van der Waals surface area contributed by atoms with Crippen LogP contribution in [-0.2, 0) is 4.79 Å². The van der Waals surface area contributed by atoms with E-state index >= 15 is 0 Å². The molecule has 0 saturated carbocycles. The molecule has 0 heterocycles. The lowest BCUT2D eigenvalue weighted by Gasteiger charge is -2.11. The summed E-state index contributed by atoms with van der Waals surface area (Å²) in [6, 6.07) is 24.2. The highest BCUT2D eigenvalue weighted by molar-refractivity contribution is 6.31. The van der Waals surface area contributed by atoms with E-state index in [2.05, 4.69) is 24.4 Å². The topological polar surface area (TPSA) is 103 Å². The van der Waals surface area contributed by atoms with Crippen LogP contribution in [0.2, 0.25) is 10.0 Å². The van der Waals surface area contributed by atoms with Crippen molar-refractivity contribution in [3.05, 3.63) is 123 Å². The first kappa shape index (κ1) is 30.3. The minimum absolute atomic E-state index is 0.0378. The third-order valence-electron chi connectivity index (χ3n) is 5.87. The summed E-state index contributed by atoms with van der Waals surface area (Å²) >= 11 is 11.8. The Morgan fingerprint density at radius 3 is 1.88 bits per heavy atom. The van der Waals surface area contributed by atoms with Crippen LogP contribution in [0.1, 0.15) is 51.6 Å². The van der Waals surface area contributed by atoms with Crippen molar-refractivity contribution in [2.45, 2.75) is 19.8 Å². The zero-order valence-corrected chi connectivity index (χ0v) is 24.2. The summed E-state index contributed by atoms with van der Waals surface area (Å²) in [5, 5.41) is 4.89. The number of esters is 2. The van der Waals surface area contributed by atoms with Gasteiger partial charge in [-0.1, -0.05) is 49.2 Å². The fraction of sp³-hybridized carbons (Fsp3) is 0.125. The summed E-state index contributed by atoms with van der Waals surface area (Å²) in [7, 11) is 0. The predicted octanol–water partition coefficient (Wildman–Crippen LogP) is 7.08. The molecule has 0 aliphatic heterocycles. The third-order valence-corrected chi connectivity index (χ3v) is 6.37. The highest BCUT2D eigenvalue weighted by atomic mass is 35.5. The number of ether oxygens (including phenoxy) is 3. The van der Waals surface area contributed by atoms with Crippen LogP contribution in [0.15, 0.2) is 96.1 Å². The summed E-state index contributed by atoms with van der Waals surface area (Å²) in [4.78, 5) is 37.7. The summed E-state index contributed by atoms with van der Waals surface area (Å²) < 4.78 is 16.6. The van der Waals surface area contributed by atoms with Gasteiger partial charge in [-0.05, 0) is 84.3 Å². The quantitative estimate of drug-likeness (QED) is 0.0897. The maximum Gasteiger partial charge on any atom is 0.343 e. The molecule has 1 amide bonds. The summed E-state index contributed by atoms with van der Waals surface area (Å²) in [6.07, 6.45) is 1.30. The van der Waals surface area contributed by atoms with E-state index in [4.69, 9.17) is 37.4 Å². The average Bonchev–Trinajstić information content (AvgIpc) is 2.98. The SMILES string of the molecule is CC(C)c1ccc(OCC(=O)N/N=C/c2ccc(OC(=O)c3ccc(Cl)cc3)cc2OC(=O)c2ccc(Cl)cc2)cc1. The van der Waals surface area contributed by atoms with E-state index in [0.717, 1.165) is 5.56 Å². The highest BCUT2D eigenvalue weighted by Crippen LogP contribution is 2.26. The maximum atomic E-state index is 12.8. The molecule has 0 atom stereocenters. The van der Waals surface area contributed by atoms with Gasteiger partial charge >= 0.3 is 11.9 Å². The second-order valence-corrected chi connectivity index (χ2v) is 10.2. The number of carbonyl (C=O) groups excluding carboxylic acids is 3. The number of carbonyl (C=O) groups is 3. The van der Waals surface area contributed by atoms with Crippen LogP contribution in [0, 0.1) is 0 Å². The van der Waals surface area contributed by atoms with E-state index in [1.165, 1.54) is 48.7 Å². The van der Waals surface area contributed by atoms with Crippen LogP contribution in [-0.4, -0.2) is 30.7 Å². The van der Waals surface area contributed by atoms with Gasteiger partial charge in [-0.3, -0.25) is 4.79 Å². The van der Waals surface area contributed by atoms with Gasteiger partial charge in [0.15, 0.2) is 6.61 Å². The Balaban J connectivity index is 1.46. The van der Waals surface area contributed by atoms with E-state index in [1.807, 2.05) is 12.1 Å². The van der Waals surface area contributed by atoms with Crippen LogP contribution < -0.4 is 19.6 Å². The normalized spacial score (nSPS) is 10.9. The number of halogens is 2. The lowest BCUT2D eigenvalue weighted by Crippen LogP contribution is -2.24. The zero-order chi connectivity index (χ0) is 30.1. The minimum atomic E-state index is -0.677. The van der Waals surface area contributed by atoms with Crippen LogP contribution in [0.5, 0.6) is 17.2 Å². The lowest BCUT2D eigenvalue weighted by atomic mass is 10.0. The van der Waals surface area contributed by atoms with Crippen LogP contribution in [0.25, 0.3) is 0 Å². The third kappa shape index (κ3) is 8.67. The number of amides is 1. The highest BCUT2D eigenvalue weighted by Gasteiger charge is 2.15. The molecule has 0 aliphatic rings. The molecule has 8 nitrogen and oxygen atoms in total. The van der Waals surface area contributed by atoms with Gasteiger partial charge in [0.25, 0.3) is 5.91 Å². The Hall–Kier alpha value is -4.66. The molecule has 4 rings (SSSR count). The van der Waals surface area contributed by atoms with Crippen molar-refractivity contribution in [3.8, 4) is 17.2 Å². The van der Waals surface area contributed by atoms with Crippen LogP contribution in [0.4, 0.5) is 0 Å². The van der Waals surface area contributed by atoms with Gasteiger partial charge in [0.2, 0.25) is 0 Å². The van der Waals surface area contributed by atoms with Gasteiger partial charge in [-0.15, -0.1) is 0 Å². The first-order valence-corrected chi connectivity index (χ1v) is 13.6. The molecule has 0 aromatic heterocycles. The van der Waals surface area contributed by atoms with Crippen molar-refractivity contribution in [1.82, 2.24) is 5.43 Å². The molecule has 10 heteroatoms. The molecule has 4 aromatic rings. The van der Waals surface area contributed by atoms with Crippen molar-refractivity contribution < 1.29 is 28.6 Å². The molecule has 0 saturated heterocycles. The molecule has 4 aromatic carbocycles. The second-order valence-electron chi connectivity index (χ2n) is 9.30. The number of rotatable bonds is 10. The van der Waals surface area contributed by atoms with E-state index in [-0.39, 0.29) is 29.2 Å². The molecule has 0 unspecified atom stereocenters. The standard InChI is InChI=1S/C32H26Cl2N2O6/c1-20(2)21-7-14-27(15-8-21)40-19-30(37)36-35-18-24-9-16-28(41-31(38)22-3-10-25(33)11-4-22)17-29(24)42-32(39)23-5-12-26(34)13-6-23/h3-18,20H,19H2,1-2H3,(H,36,37)/b35-18+. The van der Waals surface area contributed by atoms with E-state index < -0.39 is 17.8 Å². The Bertz CT molecular complexity index is 1590. The van der Waals surface area contributed by atoms with E-state index in [1.54, 1.807) is 36.4 Å². The number of benzene rings is 4. The fourth-order valence-corrected chi connectivity index (χ4v) is 3.83. The van der Waals surface area contributed by atoms with Crippen molar-refractivity contribution in [3.63, 3.8) is 0 Å². The first-order valence-electron chi connectivity index (χ1n) is 12.8. The molecule has 1 N–H and O–H groups in total. The Morgan fingerprint density at radius 1 is 0.762 bits per heavy atom. The van der Waals surface area contributed by atoms with Gasteiger partial charge in [-0.2, -0.15) is 5.10 Å². The number of hydrogen-bond donors (Lipinski definition) is 1. The van der Waals surface area contributed by atoms with Crippen molar-refractivity contribution in [1.29, 1.82) is 0 Å². The predicted molar refractivity (Wildman–Crippen MR) is 161 cm³/mol. The summed E-state index contributed by atoms with van der Waals surface area (Å²) in [5.74, 6) is -0.705. The monoisotopic (exact) mass is 604 g/mol. The molecular formula is C32H26Cl2N2O6. The first-order chi connectivity index (χ1) is 20.2. The Morgan fingerprint density at radius 2 is 1.31 bits per heavy atom. The minimum Gasteiger partial charge on any atom is -0.484 e. The molecule has 0 bridgehead atoms. The Labute approximate surface area is 252 Å². The summed E-state index contributed by atoms with van der Waals surface area (Å²) in [6.45, 7) is 3.93. The Kier molecular flexibility index (Phi) is 10.3. The van der Waals surface area contributed by atoms with Gasteiger partial charge < -0.3 is 14.2 Å². The molecule has 0 aliphatic carbocycles. The lowest BCUT2D eigenvalue weighted by molar-refractivity contribution is -0.123. The number of hydrazone groups is 1. The number of nitrogens with zero attached hydrogens (tertiary/aromatic N) is 1. The number of hydrogen-bond acceptors (Lipinski definition) is 7. The molecule has 214 valence electrons. The second kappa shape index (κ2) is 14.3. The van der Waals surface area contributed by atoms with Crippen LogP contribution in [0.3, 0.4) is 0 Å². The maximum absolute atomic E-state index is 12.8. The zero-order valence-electron chi connectivity index (χ0n) is 22.7. The van der Waals surface area contributed by atoms with Crippen LogP contribution >= 0.6 is 23.2 Å². The van der Waals surface area contributed by atoms with Gasteiger partial charge in [0.05, 0.1) is 17.3 Å². The fourth-order valence-electron chi connectivity index (χ4n) is 3.57. The van der Waals surface area contributed by atoms with E-state index in [9.17, 15) is 14.4 Å². The van der Waals surface area contributed by atoms with Crippen molar-refractivity contribution in [2.75, 3.05) is 6.61 Å². The van der Waals surface area contributed by atoms with Gasteiger partial charge in [-0.25, -0.2) is 15.0 Å². The van der Waals surface area contributed by atoms with Crippen molar-refractivity contribution >= 4 is 47.3 Å². The largest absolute Gasteiger partial charge is 0.484 e. The smallest absolute Gasteiger partial charge is 0.343 e. The van der Waals surface area contributed by atoms with Gasteiger partial charge in [0, 0.05) is 21.7 Å². The molecule has 0 fully saturated rings. The molecular weight excluding hydrogens is 579 g/mol. The molecule has 0 radical (unpaired) electrons. The average molecular weight is 605 g/mol. The van der Waals surface area contributed by atoms with Crippen molar-refractivity contribution in [2.24, 2.45) is 5.10 Å². The van der Waals surface area contributed by atoms with E-state index in [0.29, 0.717) is 27.3 Å². The summed E-state index contributed by atoms with van der Waals surface area (Å²) in [5.41, 5.74) is 4.40. The number of nitrogens with one attached hydrogen (secondary N) is 1. The molecule has 42 heavy (non-hydrogen) atoms. The molecule has 0 spiro atoms.